The summed E-state index contributed by atoms with van der Waals surface area (Å²) in [5.41, 5.74) is -0.693. The van der Waals surface area contributed by atoms with Crippen molar-refractivity contribution in [3.63, 3.8) is 0 Å². The van der Waals surface area contributed by atoms with Crippen molar-refractivity contribution in [1.82, 2.24) is 0 Å². The van der Waals surface area contributed by atoms with Gasteiger partial charge in [-0.05, 0) is 31.4 Å². The van der Waals surface area contributed by atoms with Gasteiger partial charge < -0.3 is 9.47 Å². The van der Waals surface area contributed by atoms with E-state index in [0.717, 1.165) is 11.1 Å². The molecular weight excluding hydrogens is 354 g/mol. The Labute approximate surface area is 164 Å². The van der Waals surface area contributed by atoms with Crippen molar-refractivity contribution in [2.24, 2.45) is 10.4 Å². The molecule has 2 aliphatic rings. The molecule has 1 unspecified atom stereocenters. The lowest BCUT2D eigenvalue weighted by atomic mass is 9.76. The lowest BCUT2D eigenvalue weighted by Crippen LogP contribution is -2.44. The van der Waals surface area contributed by atoms with Crippen LogP contribution in [-0.2, 0) is 19.1 Å². The van der Waals surface area contributed by atoms with Crippen molar-refractivity contribution in [1.29, 1.82) is 0 Å². The maximum Gasteiger partial charge on any atom is 0.326 e. The normalized spacial score (nSPS) is 28.3. The van der Waals surface area contributed by atoms with Crippen molar-refractivity contribution in [3.8, 4) is 0 Å². The third-order valence-electron chi connectivity index (χ3n) is 5.62. The predicted octanol–water partition coefficient (Wildman–Crippen LogP) is 3.53. The van der Waals surface area contributed by atoms with E-state index in [1.165, 1.54) is 0 Å². The van der Waals surface area contributed by atoms with Gasteiger partial charge in [-0.25, -0.2) is 4.99 Å². The number of carbonyl (C=O) groups is 2. The number of fused-ring (bicyclic) bond motifs is 2. The zero-order chi connectivity index (χ0) is 19.8. The molecule has 0 saturated heterocycles. The number of aliphatic imine (C=N–C) groups is 1. The molecule has 0 N–H and O–H groups in total. The fourth-order valence-electron chi connectivity index (χ4n) is 4.48. The molecule has 0 aromatic heterocycles. The second-order valence-electron chi connectivity index (χ2n) is 7.08. The fourth-order valence-corrected chi connectivity index (χ4v) is 4.48. The van der Waals surface area contributed by atoms with Gasteiger partial charge in [0.25, 0.3) is 0 Å². The molecule has 2 aromatic carbocycles. The third-order valence-corrected chi connectivity index (χ3v) is 5.62. The predicted molar refractivity (Wildman–Crippen MR) is 105 cm³/mol. The van der Waals surface area contributed by atoms with Crippen LogP contribution in [0.25, 0.3) is 0 Å². The average Bonchev–Trinajstić information content (AvgIpc) is 3.13. The molecule has 1 heterocycles. The first-order valence-electron chi connectivity index (χ1n) is 9.67. The maximum absolute atomic E-state index is 13.7. The molecule has 5 heteroatoms. The van der Waals surface area contributed by atoms with Crippen molar-refractivity contribution in [2.45, 2.75) is 31.9 Å². The van der Waals surface area contributed by atoms with Gasteiger partial charge in [0, 0.05) is 12.5 Å². The van der Waals surface area contributed by atoms with E-state index in [2.05, 4.69) is 0 Å². The van der Waals surface area contributed by atoms with Gasteiger partial charge >= 0.3 is 5.97 Å². The Bertz CT molecular complexity index is 924. The van der Waals surface area contributed by atoms with Crippen LogP contribution in [0.1, 0.15) is 37.3 Å². The van der Waals surface area contributed by atoms with E-state index in [1.54, 1.807) is 6.92 Å². The lowest BCUT2D eigenvalue weighted by molar-refractivity contribution is -0.157. The molecular formula is C23H23NO4. The Kier molecular flexibility index (Phi) is 4.63. The first-order chi connectivity index (χ1) is 13.6. The molecule has 2 bridgehead atoms. The number of ketones is 1. The van der Waals surface area contributed by atoms with E-state index >= 15 is 0 Å². The summed E-state index contributed by atoms with van der Waals surface area (Å²) < 4.78 is 11.4. The number of ether oxygens (including phenoxy) is 2. The van der Waals surface area contributed by atoms with Gasteiger partial charge in [0.2, 0.25) is 11.5 Å². The van der Waals surface area contributed by atoms with E-state index in [1.807, 2.05) is 67.6 Å². The SMILES string of the molecule is CCOC(=O)[C@]12CC(c3ccccc3)[C@](OCC)(N=C1c1ccccc1)C2=O. The topological polar surface area (TPSA) is 65.0 Å². The third kappa shape index (κ3) is 2.46. The average molecular weight is 377 g/mol. The molecule has 3 atom stereocenters. The Balaban J connectivity index is 1.93. The Hall–Kier alpha value is -2.79. The minimum absolute atomic E-state index is 0.202. The fraction of sp³-hybridized carbons (Fsp3) is 0.348. The number of esters is 1. The van der Waals surface area contributed by atoms with Crippen LogP contribution in [0, 0.1) is 5.41 Å². The quantitative estimate of drug-likeness (QED) is 0.571. The number of Topliss-reactive ketones (excluding diaryl/α,β-unsaturated/α-hetero) is 1. The molecule has 144 valence electrons. The molecule has 0 amide bonds. The van der Waals surface area contributed by atoms with E-state index in [-0.39, 0.29) is 18.3 Å². The molecule has 1 saturated carbocycles. The van der Waals surface area contributed by atoms with Crippen molar-refractivity contribution in [3.05, 3.63) is 71.8 Å². The molecule has 0 spiro atoms. The second-order valence-corrected chi connectivity index (χ2v) is 7.08. The summed E-state index contributed by atoms with van der Waals surface area (Å²) in [6.45, 7) is 4.10. The highest BCUT2D eigenvalue weighted by Crippen LogP contribution is 2.59. The van der Waals surface area contributed by atoms with Crippen LogP contribution in [-0.4, -0.2) is 36.4 Å². The lowest BCUT2D eigenvalue weighted by Gasteiger charge is -2.31. The number of benzene rings is 2. The summed E-state index contributed by atoms with van der Waals surface area (Å²) in [5.74, 6) is -1.19. The number of hydrogen-bond donors (Lipinski definition) is 0. The van der Waals surface area contributed by atoms with Crippen LogP contribution in [0.2, 0.25) is 0 Å². The highest BCUT2D eigenvalue weighted by Gasteiger charge is 2.74. The number of hydrogen-bond acceptors (Lipinski definition) is 5. The Morgan fingerprint density at radius 1 is 1.04 bits per heavy atom. The Morgan fingerprint density at radius 2 is 1.68 bits per heavy atom. The van der Waals surface area contributed by atoms with Gasteiger partial charge in [-0.15, -0.1) is 0 Å². The number of rotatable bonds is 6. The maximum atomic E-state index is 13.7. The molecule has 1 aliphatic carbocycles. The van der Waals surface area contributed by atoms with Crippen molar-refractivity contribution >= 4 is 17.5 Å². The minimum atomic E-state index is -1.44. The summed E-state index contributed by atoms with van der Waals surface area (Å²) >= 11 is 0. The smallest absolute Gasteiger partial charge is 0.326 e. The van der Waals surface area contributed by atoms with Crippen LogP contribution >= 0.6 is 0 Å². The van der Waals surface area contributed by atoms with Crippen LogP contribution in [0.15, 0.2) is 65.7 Å². The van der Waals surface area contributed by atoms with Crippen LogP contribution in [0.3, 0.4) is 0 Å². The largest absolute Gasteiger partial charge is 0.465 e. The molecule has 2 aromatic rings. The van der Waals surface area contributed by atoms with E-state index < -0.39 is 17.1 Å². The highest BCUT2D eigenvalue weighted by molar-refractivity contribution is 6.35. The van der Waals surface area contributed by atoms with Crippen LogP contribution < -0.4 is 0 Å². The molecule has 1 aliphatic heterocycles. The van der Waals surface area contributed by atoms with Crippen LogP contribution in [0.5, 0.6) is 0 Å². The van der Waals surface area contributed by atoms with Crippen LogP contribution in [0.4, 0.5) is 0 Å². The molecule has 5 nitrogen and oxygen atoms in total. The summed E-state index contributed by atoms with van der Waals surface area (Å²) in [7, 11) is 0. The zero-order valence-corrected chi connectivity index (χ0v) is 16.1. The van der Waals surface area contributed by atoms with E-state index in [0.29, 0.717) is 18.7 Å². The second kappa shape index (κ2) is 6.99. The summed E-state index contributed by atoms with van der Waals surface area (Å²) in [4.78, 5) is 31.7. The van der Waals surface area contributed by atoms with Crippen molar-refractivity contribution in [2.75, 3.05) is 13.2 Å². The van der Waals surface area contributed by atoms with Gasteiger partial charge in [-0.2, -0.15) is 0 Å². The van der Waals surface area contributed by atoms with Gasteiger partial charge in [-0.3, -0.25) is 9.59 Å². The minimum Gasteiger partial charge on any atom is -0.465 e. The number of nitrogens with zero attached hydrogens (tertiary/aromatic N) is 1. The summed E-state index contributed by atoms with van der Waals surface area (Å²) in [6.07, 6.45) is 0.294. The summed E-state index contributed by atoms with van der Waals surface area (Å²) in [5, 5.41) is 0. The Morgan fingerprint density at radius 3 is 2.29 bits per heavy atom. The monoisotopic (exact) mass is 377 g/mol. The van der Waals surface area contributed by atoms with E-state index in [4.69, 9.17) is 14.5 Å². The first kappa shape index (κ1) is 18.6. The van der Waals surface area contributed by atoms with Gasteiger partial charge in [0.05, 0.1) is 12.3 Å². The molecule has 0 radical (unpaired) electrons. The van der Waals surface area contributed by atoms with Gasteiger partial charge in [0.15, 0.2) is 5.41 Å². The highest BCUT2D eigenvalue weighted by atomic mass is 16.5. The van der Waals surface area contributed by atoms with Crippen molar-refractivity contribution < 1.29 is 19.1 Å². The molecule has 1 fully saturated rings. The summed E-state index contributed by atoms with van der Waals surface area (Å²) in [6, 6.07) is 19.0. The standard InChI is InChI=1S/C23H23NO4/c1-3-27-21(26)22-15-18(16-11-7-5-8-12-16)23(20(22)25,28-4-2)24-19(22)17-13-9-6-10-14-17/h5-14,18H,3-4,15H2,1-2H3/t18?,22-,23-/m1/s1. The number of carbonyl (C=O) groups excluding carboxylic acids is 2. The van der Waals surface area contributed by atoms with Gasteiger partial charge in [0.1, 0.15) is 0 Å². The molecule has 28 heavy (non-hydrogen) atoms. The van der Waals surface area contributed by atoms with E-state index in [9.17, 15) is 9.59 Å². The van der Waals surface area contributed by atoms with Gasteiger partial charge in [-0.1, -0.05) is 60.7 Å². The first-order valence-corrected chi connectivity index (χ1v) is 9.67. The molecule has 4 rings (SSSR count). The zero-order valence-electron chi connectivity index (χ0n) is 16.1.